The number of aromatic nitrogens is 1. The molecule has 0 saturated heterocycles. The number of carbonyl (C=O) groups excluding carboxylic acids is 2. The van der Waals surface area contributed by atoms with Crippen molar-refractivity contribution in [1.82, 2.24) is 14.8 Å². The predicted octanol–water partition coefficient (Wildman–Crippen LogP) is 7.64. The van der Waals surface area contributed by atoms with Crippen LogP contribution in [-0.4, -0.2) is 60.3 Å². The number of anilines is 1. The van der Waals surface area contributed by atoms with Crippen LogP contribution in [0.25, 0.3) is 10.9 Å². The van der Waals surface area contributed by atoms with E-state index in [0.29, 0.717) is 18.6 Å². The van der Waals surface area contributed by atoms with Gasteiger partial charge in [0.15, 0.2) is 0 Å². The van der Waals surface area contributed by atoms with E-state index in [-0.39, 0.29) is 31.6 Å². The number of para-hydroxylation sites is 1. The molecule has 4 aromatic rings. The van der Waals surface area contributed by atoms with Gasteiger partial charge in [-0.2, -0.15) is 26.3 Å². The maximum Gasteiger partial charge on any atom is 0.416 e. The topological polar surface area (TPSA) is 59.7 Å². The van der Waals surface area contributed by atoms with Gasteiger partial charge in [-0.25, -0.2) is 0 Å². The number of benzene rings is 3. The highest BCUT2D eigenvalue weighted by molar-refractivity contribution is 5.97. The van der Waals surface area contributed by atoms with Crippen molar-refractivity contribution in [3.05, 3.63) is 101 Å². The van der Waals surface area contributed by atoms with Crippen molar-refractivity contribution in [3.63, 3.8) is 0 Å². The van der Waals surface area contributed by atoms with Gasteiger partial charge >= 0.3 is 12.4 Å². The Labute approximate surface area is 263 Å². The molecule has 0 aliphatic rings. The highest BCUT2D eigenvalue weighted by atomic mass is 19.4. The van der Waals surface area contributed by atoms with Crippen LogP contribution < -0.4 is 4.90 Å². The lowest BCUT2D eigenvalue weighted by molar-refractivity contribution is -0.143. The number of hydrogen-bond donors (Lipinski definition) is 1. The fourth-order valence-electron chi connectivity index (χ4n) is 5.19. The van der Waals surface area contributed by atoms with Crippen LogP contribution in [0.5, 0.6) is 0 Å². The Morgan fingerprint density at radius 1 is 0.826 bits per heavy atom. The summed E-state index contributed by atoms with van der Waals surface area (Å²) in [7, 11) is 3.79. The van der Waals surface area contributed by atoms with E-state index in [4.69, 9.17) is 0 Å². The van der Waals surface area contributed by atoms with Crippen LogP contribution in [0.2, 0.25) is 0 Å². The zero-order valence-electron chi connectivity index (χ0n) is 26.0. The quantitative estimate of drug-likeness (QED) is 0.171. The average molecular weight is 647 g/mol. The second-order valence-corrected chi connectivity index (χ2v) is 11.9. The first kappa shape index (κ1) is 34.4. The number of aromatic amines is 1. The van der Waals surface area contributed by atoms with Crippen LogP contribution in [0, 0.1) is 5.92 Å². The van der Waals surface area contributed by atoms with Gasteiger partial charge in [0, 0.05) is 62.1 Å². The molecule has 1 heterocycles. The number of rotatable bonds is 11. The number of carbonyl (C=O) groups is 2. The molecule has 0 radical (unpaired) electrons. The van der Waals surface area contributed by atoms with E-state index in [2.05, 4.69) is 4.98 Å². The fraction of sp³-hybridized carbons (Fsp3) is 0.353. The summed E-state index contributed by atoms with van der Waals surface area (Å²) in [5.41, 5.74) is -0.315. The van der Waals surface area contributed by atoms with E-state index >= 15 is 0 Å². The van der Waals surface area contributed by atoms with Gasteiger partial charge in [0.05, 0.1) is 11.1 Å². The van der Waals surface area contributed by atoms with E-state index in [9.17, 15) is 35.9 Å². The Morgan fingerprint density at radius 3 is 2.00 bits per heavy atom. The van der Waals surface area contributed by atoms with Gasteiger partial charge in [0.2, 0.25) is 5.91 Å². The molecule has 0 spiro atoms. The van der Waals surface area contributed by atoms with Crippen molar-refractivity contribution in [2.45, 2.75) is 39.2 Å². The first-order valence-electron chi connectivity index (χ1n) is 14.7. The molecule has 12 heteroatoms. The summed E-state index contributed by atoms with van der Waals surface area (Å²) < 4.78 is 81.3. The Morgan fingerprint density at radius 2 is 1.43 bits per heavy atom. The summed E-state index contributed by atoms with van der Waals surface area (Å²) in [6.07, 6.45) is -7.90. The largest absolute Gasteiger partial charge is 0.416 e. The summed E-state index contributed by atoms with van der Waals surface area (Å²) in [4.78, 5) is 35.2. The van der Waals surface area contributed by atoms with Gasteiger partial charge in [-0.1, -0.05) is 44.2 Å². The van der Waals surface area contributed by atoms with E-state index in [1.54, 1.807) is 18.7 Å². The highest BCUT2D eigenvalue weighted by Gasteiger charge is 2.38. The lowest BCUT2D eigenvalue weighted by Gasteiger charge is -2.29. The van der Waals surface area contributed by atoms with Crippen LogP contribution in [0.4, 0.5) is 32.0 Å². The van der Waals surface area contributed by atoms with Crippen molar-refractivity contribution < 1.29 is 35.9 Å². The fourth-order valence-corrected chi connectivity index (χ4v) is 5.19. The molecule has 1 N–H and O–H groups in total. The van der Waals surface area contributed by atoms with E-state index in [0.717, 1.165) is 32.6 Å². The number of hydrogen-bond acceptors (Lipinski definition) is 3. The lowest BCUT2D eigenvalue weighted by atomic mass is 10.0. The van der Waals surface area contributed by atoms with Gasteiger partial charge in [-0.3, -0.25) is 9.59 Å². The molecule has 3 aromatic carbocycles. The molecule has 0 bridgehead atoms. The van der Waals surface area contributed by atoms with Crippen LogP contribution in [0.1, 0.15) is 46.5 Å². The number of halogens is 6. The molecule has 4 rings (SSSR count). The Balaban J connectivity index is 1.64. The molecule has 2 amide bonds. The number of nitrogens with one attached hydrogen (secondary N) is 1. The summed E-state index contributed by atoms with van der Waals surface area (Å²) >= 11 is 0. The van der Waals surface area contributed by atoms with Crippen molar-refractivity contribution in [2.24, 2.45) is 5.92 Å². The zero-order valence-corrected chi connectivity index (χ0v) is 26.0. The molecule has 0 aliphatic carbocycles. The molecule has 0 aliphatic heterocycles. The molecule has 0 atom stereocenters. The first-order valence-corrected chi connectivity index (χ1v) is 14.7. The van der Waals surface area contributed by atoms with Crippen molar-refractivity contribution in [2.75, 3.05) is 38.6 Å². The molecule has 0 unspecified atom stereocenters. The maximum atomic E-state index is 13.9. The van der Waals surface area contributed by atoms with Crippen molar-refractivity contribution in [1.29, 1.82) is 0 Å². The predicted molar refractivity (Wildman–Crippen MR) is 165 cm³/mol. The number of nitrogens with zero attached hydrogens (tertiary/aromatic N) is 3. The third kappa shape index (κ3) is 8.61. The third-order valence-corrected chi connectivity index (χ3v) is 7.54. The van der Waals surface area contributed by atoms with Crippen molar-refractivity contribution in [3.8, 4) is 0 Å². The Kier molecular flexibility index (Phi) is 10.4. The van der Waals surface area contributed by atoms with Gasteiger partial charge in [-0.15, -0.1) is 0 Å². The number of fused-ring (bicyclic) bond motifs is 1. The number of alkyl halides is 6. The van der Waals surface area contributed by atoms with Gasteiger partial charge in [0.1, 0.15) is 6.54 Å². The minimum atomic E-state index is -5.11. The maximum absolute atomic E-state index is 13.9. The molecule has 0 saturated carbocycles. The van der Waals surface area contributed by atoms with Gasteiger partial charge < -0.3 is 19.7 Å². The van der Waals surface area contributed by atoms with E-state index in [1.807, 2.05) is 73.7 Å². The summed E-state index contributed by atoms with van der Waals surface area (Å²) in [6, 6.07) is 16.0. The minimum Gasteiger partial charge on any atom is -0.378 e. The molecular formula is C34H36F6N4O2. The second kappa shape index (κ2) is 13.9. The molecule has 1 aromatic heterocycles. The summed E-state index contributed by atoms with van der Waals surface area (Å²) in [5.74, 6) is -1.82. The van der Waals surface area contributed by atoms with Gasteiger partial charge in [-0.05, 0) is 59.9 Å². The molecule has 246 valence electrons. The van der Waals surface area contributed by atoms with E-state index < -0.39 is 47.4 Å². The normalized spacial score (nSPS) is 12.1. The van der Waals surface area contributed by atoms with Crippen molar-refractivity contribution >= 4 is 28.4 Å². The zero-order chi connectivity index (χ0) is 33.8. The minimum absolute atomic E-state index is 0.0251. The lowest BCUT2D eigenvalue weighted by Crippen LogP contribution is -2.44. The second-order valence-electron chi connectivity index (χ2n) is 11.9. The number of H-pyrrole nitrogens is 1. The average Bonchev–Trinajstić information content (AvgIpc) is 3.40. The first-order chi connectivity index (χ1) is 21.5. The van der Waals surface area contributed by atoms with Crippen LogP contribution in [0.3, 0.4) is 0 Å². The Hall–Kier alpha value is -4.48. The third-order valence-electron chi connectivity index (χ3n) is 7.54. The van der Waals surface area contributed by atoms with Crippen LogP contribution in [0.15, 0.2) is 72.9 Å². The molecular weight excluding hydrogens is 610 g/mol. The van der Waals surface area contributed by atoms with E-state index in [1.165, 1.54) is 0 Å². The summed E-state index contributed by atoms with van der Waals surface area (Å²) in [5, 5.41) is 0.992. The number of amides is 2. The highest BCUT2D eigenvalue weighted by Crippen LogP contribution is 2.36. The standard InChI is InChI=1S/C34H36F6N4O2/c1-22(2)19-44(32(46)25-15-26(33(35,36)37)17-27(16-25)34(38,39)40)21-31(45)43(20-23-9-11-28(12-10-23)42(3)4)14-13-24-18-41-30-8-6-5-7-29(24)30/h5-12,15-18,22,41H,13-14,19-21H2,1-4H3. The molecule has 6 nitrogen and oxygen atoms in total. The molecule has 0 fully saturated rings. The van der Waals surface area contributed by atoms with Gasteiger partial charge in [0.25, 0.3) is 5.91 Å². The SMILES string of the molecule is CC(C)CN(CC(=O)N(CCc1c[nH]c2ccccc12)Cc1ccc(N(C)C)cc1)C(=O)c1cc(C(F)(F)F)cc(C(F)(F)F)c1. The monoisotopic (exact) mass is 646 g/mol. The van der Waals surface area contributed by atoms with Crippen LogP contribution >= 0.6 is 0 Å². The Bertz CT molecular complexity index is 1630. The smallest absolute Gasteiger partial charge is 0.378 e. The van der Waals surface area contributed by atoms with Crippen LogP contribution in [-0.2, 0) is 30.1 Å². The molecule has 46 heavy (non-hydrogen) atoms. The summed E-state index contributed by atoms with van der Waals surface area (Å²) in [6.45, 7) is 3.31.